The van der Waals surface area contributed by atoms with E-state index in [1.807, 2.05) is 25.7 Å². The van der Waals surface area contributed by atoms with Crippen molar-refractivity contribution in [3.8, 4) is 11.4 Å². The molecule has 0 saturated heterocycles. The molecule has 113 valence electrons. The molecule has 1 fully saturated rings. The molecule has 1 aliphatic heterocycles. The highest BCUT2D eigenvalue weighted by molar-refractivity contribution is 7.99. The Kier molecular flexibility index (Phi) is 3.60. The Morgan fingerprint density at radius 2 is 1.87 bits per heavy atom. The SMILES string of the molecule is O=[N+]([O-])c1ccc(-c2nnc3n2N=C([C]2[CH][CH][CH][CH]2)CS3)cc1. The summed E-state index contributed by atoms with van der Waals surface area (Å²) in [6.45, 7) is 0. The topological polar surface area (TPSA) is 86.2 Å². The molecule has 1 aromatic heterocycles. The van der Waals surface area contributed by atoms with Crippen LogP contribution in [0.2, 0.25) is 0 Å². The lowest BCUT2D eigenvalue weighted by Crippen LogP contribution is -2.19. The van der Waals surface area contributed by atoms with Crippen molar-refractivity contribution in [2.45, 2.75) is 5.16 Å². The van der Waals surface area contributed by atoms with E-state index in [0.29, 0.717) is 11.0 Å². The Morgan fingerprint density at radius 3 is 2.57 bits per heavy atom. The number of nitrogens with zero attached hydrogens (tertiary/aromatic N) is 5. The van der Waals surface area contributed by atoms with Gasteiger partial charge in [-0.25, -0.2) is 0 Å². The van der Waals surface area contributed by atoms with Gasteiger partial charge in [0.15, 0.2) is 5.82 Å². The van der Waals surface area contributed by atoms with Gasteiger partial charge in [-0.15, -0.1) is 10.2 Å². The van der Waals surface area contributed by atoms with Crippen LogP contribution < -0.4 is 0 Å². The molecule has 7 nitrogen and oxygen atoms in total. The van der Waals surface area contributed by atoms with Crippen molar-refractivity contribution in [2.75, 3.05) is 5.75 Å². The van der Waals surface area contributed by atoms with E-state index in [1.54, 1.807) is 28.6 Å². The second-order valence-corrected chi connectivity index (χ2v) is 5.87. The minimum absolute atomic E-state index is 0.0440. The van der Waals surface area contributed by atoms with Crippen LogP contribution in [0, 0.1) is 41.7 Å². The predicted octanol–water partition coefficient (Wildman–Crippen LogP) is 2.57. The molecular weight excluding hydrogens is 314 g/mol. The van der Waals surface area contributed by atoms with Crippen LogP contribution in [0.5, 0.6) is 0 Å². The first-order valence-corrected chi connectivity index (χ1v) is 7.84. The Bertz CT molecular complexity index is 778. The van der Waals surface area contributed by atoms with Crippen molar-refractivity contribution in [3.05, 3.63) is 66.0 Å². The standard InChI is InChI=1S/C15H10N5O2S/c21-20(22)12-7-5-11(6-8-12)14-16-17-15-19(14)18-13(9-23-15)10-3-1-2-4-10/h1-8H,9H2. The number of fused-ring (bicyclic) bond motifs is 1. The first-order chi connectivity index (χ1) is 11.2. The number of hydrogen-bond donors (Lipinski definition) is 0. The van der Waals surface area contributed by atoms with Gasteiger partial charge in [0.2, 0.25) is 5.16 Å². The fraction of sp³-hybridized carbons (Fsp3) is 0.0667. The fourth-order valence-corrected chi connectivity index (χ4v) is 3.19. The predicted molar refractivity (Wildman–Crippen MR) is 86.1 cm³/mol. The van der Waals surface area contributed by atoms with Gasteiger partial charge in [-0.2, -0.15) is 9.78 Å². The number of hydrogen-bond acceptors (Lipinski definition) is 6. The molecule has 0 spiro atoms. The summed E-state index contributed by atoms with van der Waals surface area (Å²) in [6, 6.07) is 6.22. The van der Waals surface area contributed by atoms with Gasteiger partial charge >= 0.3 is 0 Å². The lowest BCUT2D eigenvalue weighted by Gasteiger charge is -2.17. The molecule has 5 radical (unpaired) electrons. The molecule has 8 heteroatoms. The van der Waals surface area contributed by atoms with Crippen LogP contribution in [-0.4, -0.2) is 31.3 Å². The number of rotatable bonds is 3. The van der Waals surface area contributed by atoms with E-state index in [9.17, 15) is 10.1 Å². The van der Waals surface area contributed by atoms with Gasteiger partial charge < -0.3 is 0 Å². The molecule has 0 unspecified atom stereocenters. The monoisotopic (exact) mass is 324 g/mol. The quantitative estimate of drug-likeness (QED) is 0.640. The second-order valence-electron chi connectivity index (χ2n) is 4.93. The molecule has 2 heterocycles. The Hall–Kier alpha value is -2.22. The van der Waals surface area contributed by atoms with Gasteiger partial charge in [-0.3, -0.25) is 10.1 Å². The number of aromatic nitrogens is 3. The summed E-state index contributed by atoms with van der Waals surface area (Å²) in [4.78, 5) is 10.3. The van der Waals surface area contributed by atoms with Crippen LogP contribution in [0.4, 0.5) is 5.69 Å². The first-order valence-electron chi connectivity index (χ1n) is 6.85. The van der Waals surface area contributed by atoms with Crippen LogP contribution in [-0.2, 0) is 0 Å². The van der Waals surface area contributed by atoms with Crippen molar-refractivity contribution < 1.29 is 4.92 Å². The molecule has 23 heavy (non-hydrogen) atoms. The summed E-state index contributed by atoms with van der Waals surface area (Å²) in [5, 5.41) is 24.4. The van der Waals surface area contributed by atoms with E-state index in [2.05, 4.69) is 15.3 Å². The second kappa shape index (κ2) is 5.77. The number of nitro groups is 1. The van der Waals surface area contributed by atoms with E-state index in [0.717, 1.165) is 22.9 Å². The van der Waals surface area contributed by atoms with Crippen LogP contribution in [0.25, 0.3) is 11.4 Å². The van der Waals surface area contributed by atoms with Crippen molar-refractivity contribution in [2.24, 2.45) is 5.10 Å². The lowest BCUT2D eigenvalue weighted by molar-refractivity contribution is -0.384. The smallest absolute Gasteiger partial charge is 0.258 e. The zero-order valence-corrected chi connectivity index (χ0v) is 12.6. The Balaban J connectivity index is 1.69. The summed E-state index contributed by atoms with van der Waals surface area (Å²) in [6.07, 6.45) is 7.98. The molecule has 0 bridgehead atoms. The maximum Gasteiger partial charge on any atom is 0.269 e. The number of non-ortho nitro benzene ring substituents is 1. The maximum absolute atomic E-state index is 10.8. The zero-order chi connectivity index (χ0) is 15.8. The van der Waals surface area contributed by atoms with Gasteiger partial charge in [-0.05, 0) is 37.8 Å². The van der Waals surface area contributed by atoms with Gasteiger partial charge in [0.05, 0.1) is 10.6 Å². The highest BCUT2D eigenvalue weighted by atomic mass is 32.2. The third kappa shape index (κ3) is 2.63. The molecule has 1 saturated carbocycles. The van der Waals surface area contributed by atoms with Crippen molar-refractivity contribution in [1.29, 1.82) is 0 Å². The van der Waals surface area contributed by atoms with Crippen LogP contribution in [0.3, 0.4) is 0 Å². The van der Waals surface area contributed by atoms with Gasteiger partial charge in [-0.1, -0.05) is 11.8 Å². The van der Waals surface area contributed by atoms with Crippen LogP contribution in [0.1, 0.15) is 0 Å². The minimum Gasteiger partial charge on any atom is -0.258 e. The maximum atomic E-state index is 10.8. The largest absolute Gasteiger partial charge is 0.269 e. The average molecular weight is 324 g/mol. The highest BCUT2D eigenvalue weighted by Gasteiger charge is 2.27. The molecule has 1 aliphatic carbocycles. The average Bonchev–Trinajstić information content (AvgIpc) is 3.24. The number of nitro benzene ring substituents is 1. The van der Waals surface area contributed by atoms with Gasteiger partial charge in [0, 0.05) is 29.4 Å². The van der Waals surface area contributed by atoms with E-state index < -0.39 is 4.92 Å². The van der Waals surface area contributed by atoms with Crippen molar-refractivity contribution in [3.63, 3.8) is 0 Å². The molecule has 1 aromatic carbocycles. The van der Waals surface area contributed by atoms with Crippen molar-refractivity contribution in [1.82, 2.24) is 14.9 Å². The molecule has 2 aliphatic rings. The highest BCUT2D eigenvalue weighted by Crippen LogP contribution is 2.33. The number of benzene rings is 1. The molecule has 2 aromatic rings. The van der Waals surface area contributed by atoms with E-state index in [4.69, 9.17) is 0 Å². The third-order valence-corrected chi connectivity index (χ3v) is 4.43. The summed E-state index contributed by atoms with van der Waals surface area (Å²) >= 11 is 1.57. The Morgan fingerprint density at radius 1 is 1.13 bits per heavy atom. The van der Waals surface area contributed by atoms with Crippen molar-refractivity contribution >= 4 is 23.2 Å². The fourth-order valence-electron chi connectivity index (χ4n) is 2.35. The molecule has 0 amide bonds. The summed E-state index contributed by atoms with van der Waals surface area (Å²) < 4.78 is 1.69. The minimum atomic E-state index is -0.426. The Labute approximate surface area is 136 Å². The van der Waals surface area contributed by atoms with Gasteiger partial charge in [0.1, 0.15) is 0 Å². The molecule has 0 N–H and O–H groups in total. The van der Waals surface area contributed by atoms with E-state index in [1.165, 1.54) is 12.1 Å². The van der Waals surface area contributed by atoms with Gasteiger partial charge in [0.25, 0.3) is 5.69 Å². The van der Waals surface area contributed by atoms with Crippen LogP contribution in [0.15, 0.2) is 34.5 Å². The molecular formula is C15H10N5O2S. The first kappa shape index (κ1) is 14.4. The molecule has 0 atom stereocenters. The summed E-state index contributed by atoms with van der Waals surface area (Å²) in [5.74, 6) is 2.39. The lowest BCUT2D eigenvalue weighted by atomic mass is 10.0. The van der Waals surface area contributed by atoms with Crippen LogP contribution >= 0.6 is 11.8 Å². The molecule has 4 rings (SSSR count). The van der Waals surface area contributed by atoms with E-state index in [-0.39, 0.29) is 5.69 Å². The zero-order valence-electron chi connectivity index (χ0n) is 11.8. The third-order valence-electron chi connectivity index (χ3n) is 3.50. The summed E-state index contributed by atoms with van der Waals surface area (Å²) in [7, 11) is 0. The number of thioether (sulfide) groups is 1. The van der Waals surface area contributed by atoms with E-state index >= 15 is 0 Å². The summed E-state index contributed by atoms with van der Waals surface area (Å²) in [5.41, 5.74) is 1.74. The normalized spacial score (nSPS) is 17.8.